The zero-order valence-corrected chi connectivity index (χ0v) is 17.0. The Labute approximate surface area is 179 Å². The Morgan fingerprint density at radius 2 is 1.71 bits per heavy atom. The molecule has 2 amide bonds. The normalized spacial score (nSPS) is 14.1. The van der Waals surface area contributed by atoms with Gasteiger partial charge >= 0.3 is 0 Å². The molecule has 2 heterocycles. The number of hydrogen-bond donors (Lipinski definition) is 1. The summed E-state index contributed by atoms with van der Waals surface area (Å²) in [7, 11) is 0. The molecule has 0 spiro atoms. The van der Waals surface area contributed by atoms with Crippen LogP contribution in [0.5, 0.6) is 0 Å². The molecule has 5 rings (SSSR count). The first-order valence-corrected chi connectivity index (χ1v) is 10.3. The van der Waals surface area contributed by atoms with Crippen molar-refractivity contribution in [1.82, 2.24) is 4.90 Å². The summed E-state index contributed by atoms with van der Waals surface area (Å²) in [6, 6.07) is 19.0. The predicted octanol–water partition coefficient (Wildman–Crippen LogP) is 4.24. The quantitative estimate of drug-likeness (QED) is 0.542. The molecule has 31 heavy (non-hydrogen) atoms. The maximum Gasteiger partial charge on any atom is 0.254 e. The standard InChI is InChI=1S/C25H22N2O4/c28-23(15-19-16-31-22-10-7-17-3-1-2-4-21(17)24(19)22)26-20-8-5-18(6-9-20)25(29)27-11-13-30-14-12-27/h1-10,16H,11-15H2,(H,26,28). The van der Waals surface area contributed by atoms with Gasteiger partial charge in [0.05, 0.1) is 25.9 Å². The molecule has 0 bridgehead atoms. The molecule has 4 aromatic rings. The Hall–Kier alpha value is -3.64. The molecule has 1 saturated heterocycles. The van der Waals surface area contributed by atoms with E-state index in [1.165, 1.54) is 0 Å². The lowest BCUT2D eigenvalue weighted by atomic mass is 10.0. The van der Waals surface area contributed by atoms with E-state index in [0.29, 0.717) is 37.6 Å². The maximum atomic E-state index is 12.7. The number of hydrogen-bond acceptors (Lipinski definition) is 4. The minimum absolute atomic E-state index is 0.0158. The van der Waals surface area contributed by atoms with Crippen LogP contribution in [0.3, 0.4) is 0 Å². The van der Waals surface area contributed by atoms with Gasteiger partial charge in [-0.2, -0.15) is 0 Å². The highest BCUT2D eigenvalue weighted by Gasteiger charge is 2.18. The molecule has 1 aromatic heterocycles. The number of anilines is 1. The van der Waals surface area contributed by atoms with Crippen molar-refractivity contribution >= 4 is 39.2 Å². The van der Waals surface area contributed by atoms with Gasteiger partial charge in [-0.15, -0.1) is 0 Å². The monoisotopic (exact) mass is 414 g/mol. The maximum absolute atomic E-state index is 12.7. The Kier molecular flexibility index (Phi) is 5.14. The Balaban J connectivity index is 1.30. The molecule has 1 fully saturated rings. The number of morpholine rings is 1. The van der Waals surface area contributed by atoms with Gasteiger partial charge in [0.15, 0.2) is 0 Å². The molecular formula is C25H22N2O4. The lowest BCUT2D eigenvalue weighted by Crippen LogP contribution is -2.40. The Morgan fingerprint density at radius 1 is 0.935 bits per heavy atom. The number of nitrogens with zero attached hydrogens (tertiary/aromatic N) is 1. The summed E-state index contributed by atoms with van der Waals surface area (Å²) in [5.41, 5.74) is 2.88. The number of rotatable bonds is 4. The molecule has 0 unspecified atom stereocenters. The first kappa shape index (κ1) is 19.3. The number of furan rings is 1. The fraction of sp³-hybridized carbons (Fsp3) is 0.200. The topological polar surface area (TPSA) is 71.8 Å². The Bertz CT molecular complexity index is 1250. The second-order valence-electron chi connectivity index (χ2n) is 7.63. The summed E-state index contributed by atoms with van der Waals surface area (Å²) >= 11 is 0. The lowest BCUT2D eigenvalue weighted by Gasteiger charge is -2.26. The third-order valence-corrected chi connectivity index (χ3v) is 5.60. The van der Waals surface area contributed by atoms with Crippen molar-refractivity contribution < 1.29 is 18.7 Å². The molecule has 0 atom stereocenters. The van der Waals surface area contributed by atoms with E-state index in [4.69, 9.17) is 9.15 Å². The van der Waals surface area contributed by atoms with Gasteiger partial charge in [0.2, 0.25) is 5.91 Å². The van der Waals surface area contributed by atoms with Crippen molar-refractivity contribution in [2.75, 3.05) is 31.6 Å². The average Bonchev–Trinajstić information content (AvgIpc) is 3.23. The van der Waals surface area contributed by atoms with Gasteiger partial charge < -0.3 is 19.4 Å². The molecule has 0 saturated carbocycles. The highest BCUT2D eigenvalue weighted by atomic mass is 16.5. The van der Waals surface area contributed by atoms with Gasteiger partial charge in [0.25, 0.3) is 5.91 Å². The van der Waals surface area contributed by atoms with E-state index < -0.39 is 0 Å². The molecular weight excluding hydrogens is 392 g/mol. The van der Waals surface area contributed by atoms with Crippen LogP contribution in [0.25, 0.3) is 21.7 Å². The smallest absolute Gasteiger partial charge is 0.254 e. The van der Waals surface area contributed by atoms with E-state index >= 15 is 0 Å². The van der Waals surface area contributed by atoms with Crippen molar-refractivity contribution in [2.24, 2.45) is 0 Å². The van der Waals surface area contributed by atoms with Crippen molar-refractivity contribution in [2.45, 2.75) is 6.42 Å². The first-order chi connectivity index (χ1) is 15.2. The van der Waals surface area contributed by atoms with Crippen LogP contribution < -0.4 is 5.32 Å². The molecule has 1 aliphatic rings. The van der Waals surface area contributed by atoms with Crippen LogP contribution in [0.1, 0.15) is 15.9 Å². The summed E-state index contributed by atoms with van der Waals surface area (Å²) in [4.78, 5) is 27.0. The second-order valence-corrected chi connectivity index (χ2v) is 7.63. The van der Waals surface area contributed by atoms with Crippen LogP contribution in [0.2, 0.25) is 0 Å². The zero-order valence-electron chi connectivity index (χ0n) is 17.0. The number of carbonyl (C=O) groups excluding carboxylic acids is 2. The van der Waals surface area contributed by atoms with E-state index in [-0.39, 0.29) is 18.2 Å². The summed E-state index contributed by atoms with van der Waals surface area (Å²) in [6.45, 7) is 2.34. The number of carbonyl (C=O) groups is 2. The number of fused-ring (bicyclic) bond motifs is 3. The van der Waals surface area contributed by atoms with Gasteiger partial charge in [-0.25, -0.2) is 0 Å². The minimum atomic E-state index is -0.136. The van der Waals surface area contributed by atoms with Gasteiger partial charge in [-0.3, -0.25) is 9.59 Å². The molecule has 0 aliphatic carbocycles. The first-order valence-electron chi connectivity index (χ1n) is 10.3. The molecule has 0 radical (unpaired) electrons. The van der Waals surface area contributed by atoms with Crippen LogP contribution >= 0.6 is 0 Å². The van der Waals surface area contributed by atoms with Crippen molar-refractivity contribution in [3.63, 3.8) is 0 Å². The number of benzene rings is 3. The van der Waals surface area contributed by atoms with Crippen LogP contribution in [0.15, 0.2) is 71.3 Å². The van der Waals surface area contributed by atoms with Gasteiger partial charge in [0, 0.05) is 35.3 Å². The predicted molar refractivity (Wildman–Crippen MR) is 119 cm³/mol. The second kappa shape index (κ2) is 8.24. The lowest BCUT2D eigenvalue weighted by molar-refractivity contribution is -0.115. The summed E-state index contributed by atoms with van der Waals surface area (Å²) in [5.74, 6) is -0.152. The van der Waals surface area contributed by atoms with Crippen LogP contribution in [0, 0.1) is 0 Å². The van der Waals surface area contributed by atoms with Gasteiger partial charge in [-0.1, -0.05) is 30.3 Å². The fourth-order valence-corrected chi connectivity index (χ4v) is 4.03. The van der Waals surface area contributed by atoms with Crippen LogP contribution in [-0.2, 0) is 16.0 Å². The van der Waals surface area contributed by atoms with Gasteiger partial charge in [-0.05, 0) is 41.1 Å². The minimum Gasteiger partial charge on any atom is -0.464 e. The molecule has 6 nitrogen and oxygen atoms in total. The summed E-state index contributed by atoms with van der Waals surface area (Å²) < 4.78 is 11.0. The van der Waals surface area contributed by atoms with E-state index in [9.17, 15) is 9.59 Å². The molecule has 1 N–H and O–H groups in total. The molecule has 156 valence electrons. The number of amides is 2. The van der Waals surface area contributed by atoms with Crippen molar-refractivity contribution in [1.29, 1.82) is 0 Å². The molecule has 3 aromatic carbocycles. The Morgan fingerprint density at radius 3 is 2.52 bits per heavy atom. The molecule has 1 aliphatic heterocycles. The summed E-state index contributed by atoms with van der Waals surface area (Å²) in [6.07, 6.45) is 1.86. The third kappa shape index (κ3) is 3.90. The van der Waals surface area contributed by atoms with Crippen LogP contribution in [-0.4, -0.2) is 43.0 Å². The highest BCUT2D eigenvalue weighted by Crippen LogP contribution is 2.30. The van der Waals surface area contributed by atoms with Crippen LogP contribution in [0.4, 0.5) is 5.69 Å². The van der Waals surface area contributed by atoms with E-state index in [2.05, 4.69) is 5.32 Å². The summed E-state index contributed by atoms with van der Waals surface area (Å²) in [5, 5.41) is 6.07. The molecule has 6 heteroatoms. The van der Waals surface area contributed by atoms with Crippen molar-refractivity contribution in [3.8, 4) is 0 Å². The largest absolute Gasteiger partial charge is 0.464 e. The highest BCUT2D eigenvalue weighted by molar-refractivity contribution is 6.09. The number of nitrogens with one attached hydrogen (secondary N) is 1. The number of ether oxygens (including phenoxy) is 1. The van der Waals surface area contributed by atoms with E-state index in [1.807, 2.05) is 36.4 Å². The van der Waals surface area contributed by atoms with Crippen molar-refractivity contribution in [3.05, 3.63) is 78.1 Å². The SMILES string of the molecule is O=C(Cc1coc2ccc3ccccc3c12)Nc1ccc(C(=O)N2CCOCC2)cc1. The van der Waals surface area contributed by atoms with E-state index in [1.54, 1.807) is 35.4 Å². The average molecular weight is 414 g/mol. The van der Waals surface area contributed by atoms with E-state index in [0.717, 1.165) is 27.3 Å². The zero-order chi connectivity index (χ0) is 21.2. The van der Waals surface area contributed by atoms with Gasteiger partial charge in [0.1, 0.15) is 5.58 Å². The third-order valence-electron chi connectivity index (χ3n) is 5.60. The fourth-order valence-electron chi connectivity index (χ4n) is 4.03.